The lowest BCUT2D eigenvalue weighted by atomic mass is 9.55. The highest BCUT2D eigenvalue weighted by molar-refractivity contribution is 6.33. The first-order valence-electron chi connectivity index (χ1n) is 17.7. The highest BCUT2D eigenvalue weighted by Gasteiger charge is 2.62. The number of hydroxylamine groups is 1. The van der Waals surface area contributed by atoms with E-state index in [-0.39, 0.29) is 24.2 Å². The Kier molecular flexibility index (Phi) is 9.13. The van der Waals surface area contributed by atoms with Gasteiger partial charge in [-0.3, -0.25) is 29.7 Å². The van der Waals surface area contributed by atoms with E-state index < -0.39 is 47.6 Å². The lowest BCUT2D eigenvalue weighted by Crippen LogP contribution is -2.66. The van der Waals surface area contributed by atoms with Gasteiger partial charge in [0.2, 0.25) is 0 Å². The summed E-state index contributed by atoms with van der Waals surface area (Å²) in [6.45, 7) is 12.8. The maximum absolute atomic E-state index is 14.1. The number of hydrogen-bond acceptors (Lipinski definition) is 11. The minimum Gasteiger partial charge on any atom is -0.454 e. The lowest BCUT2D eigenvalue weighted by molar-refractivity contribution is -0.225. The van der Waals surface area contributed by atoms with Crippen molar-refractivity contribution in [2.24, 2.45) is 23.7 Å². The molecule has 3 aliphatic heterocycles. The monoisotopic (exact) mass is 686 g/mol. The molecule has 2 saturated carbocycles. The van der Waals surface area contributed by atoms with Gasteiger partial charge in [-0.05, 0) is 62.0 Å². The van der Waals surface area contributed by atoms with Crippen LogP contribution in [0.5, 0.6) is 0 Å². The molecule has 11 nitrogen and oxygen atoms in total. The number of benzene rings is 1. The van der Waals surface area contributed by atoms with Crippen LogP contribution >= 0.6 is 11.6 Å². The largest absolute Gasteiger partial charge is 0.454 e. The van der Waals surface area contributed by atoms with E-state index in [2.05, 4.69) is 28.1 Å². The number of nitrogens with one attached hydrogen (secondary N) is 1. The second-order valence-electron chi connectivity index (χ2n) is 15.4. The van der Waals surface area contributed by atoms with Crippen molar-refractivity contribution in [2.75, 3.05) is 44.8 Å². The van der Waals surface area contributed by atoms with Crippen LogP contribution in [0.25, 0.3) is 0 Å². The van der Waals surface area contributed by atoms with Gasteiger partial charge >= 0.3 is 11.9 Å². The summed E-state index contributed by atoms with van der Waals surface area (Å²) in [5.74, 6) is -1.22. The van der Waals surface area contributed by atoms with E-state index in [0.717, 1.165) is 57.2 Å². The number of anilines is 1. The Morgan fingerprint density at radius 1 is 1.12 bits per heavy atom. The van der Waals surface area contributed by atoms with Crippen LogP contribution in [0.1, 0.15) is 65.4 Å². The number of para-hydroxylation sites is 1. The number of carbonyl (C=O) groups is 2. The molecule has 12 heteroatoms. The van der Waals surface area contributed by atoms with Gasteiger partial charge in [-0.15, -0.1) is 0 Å². The van der Waals surface area contributed by atoms with Crippen molar-refractivity contribution in [1.82, 2.24) is 15.1 Å². The topological polar surface area (TPSA) is 124 Å². The third-order valence-electron chi connectivity index (χ3n) is 12.2. The predicted molar refractivity (Wildman–Crippen MR) is 180 cm³/mol. The molecule has 0 bridgehead atoms. The molecule has 3 N–H and O–H groups in total. The molecule has 1 aromatic rings. The molecule has 3 aliphatic carbocycles. The van der Waals surface area contributed by atoms with Crippen molar-refractivity contribution in [3.8, 4) is 0 Å². The Bertz CT molecular complexity index is 1450. The van der Waals surface area contributed by atoms with Crippen molar-refractivity contribution in [2.45, 2.75) is 102 Å². The summed E-state index contributed by atoms with van der Waals surface area (Å²) in [6.07, 6.45) is 3.43. The Morgan fingerprint density at radius 3 is 2.54 bits per heavy atom. The maximum atomic E-state index is 14.1. The number of nitrogens with zero attached hydrogens (tertiary/aromatic N) is 3. The van der Waals surface area contributed by atoms with Gasteiger partial charge in [0.25, 0.3) is 0 Å². The Morgan fingerprint density at radius 2 is 1.85 bits per heavy atom. The van der Waals surface area contributed by atoms with Crippen LogP contribution in [0.3, 0.4) is 0 Å². The summed E-state index contributed by atoms with van der Waals surface area (Å²) in [5, 5.41) is 29.8. The Hall–Kier alpha value is -2.25. The molecule has 4 fully saturated rings. The molecule has 1 aromatic carbocycles. The molecular weight excluding hydrogens is 636 g/mol. The van der Waals surface area contributed by atoms with Crippen molar-refractivity contribution in [1.29, 1.82) is 0 Å². The standard InChI is InChI=1S/C36H51ClN4O7/c1-20-17-27-25(21(2)19-40-13-15-41(16-14-40)24-10-11-24)12-9-22(3)36(27,45)32(31(20)46-23(4)42)47-33(43)29-18-35(44)26-7-6-8-28(37)30(26)39(5)48-34(35)38-29/h6-8,17,21-22,24-25,27,29,31-32,34,38,44-45H,9-16,18-19H2,1-5H3/t21?,22-,25+,27-,29+,31-,32+,34-,35-,36-/m1/s1. The number of carbonyl (C=O) groups excluding carboxylic acids is 2. The van der Waals surface area contributed by atoms with Gasteiger partial charge in [0.1, 0.15) is 17.2 Å². The number of halogens is 1. The fourth-order valence-corrected chi connectivity index (χ4v) is 9.75. The molecule has 0 radical (unpaired) electrons. The second-order valence-corrected chi connectivity index (χ2v) is 15.8. The average molecular weight is 687 g/mol. The molecular formula is C36H51ClN4O7. The third-order valence-corrected chi connectivity index (χ3v) is 12.5. The van der Waals surface area contributed by atoms with Crippen molar-refractivity contribution >= 4 is 29.2 Å². The van der Waals surface area contributed by atoms with Gasteiger partial charge in [-0.2, -0.15) is 0 Å². The summed E-state index contributed by atoms with van der Waals surface area (Å²) >= 11 is 6.47. The molecule has 1 unspecified atom stereocenters. The molecule has 2 saturated heterocycles. The molecule has 3 heterocycles. The van der Waals surface area contributed by atoms with E-state index >= 15 is 0 Å². The lowest BCUT2D eigenvalue weighted by Gasteiger charge is -2.56. The smallest absolute Gasteiger partial charge is 0.323 e. The summed E-state index contributed by atoms with van der Waals surface area (Å²) in [5.41, 5.74) is -1.15. The normalized spacial score (nSPS) is 39.1. The zero-order valence-corrected chi connectivity index (χ0v) is 29.5. The van der Waals surface area contributed by atoms with Gasteiger partial charge in [0, 0.05) is 70.6 Å². The zero-order valence-electron chi connectivity index (χ0n) is 28.7. The summed E-state index contributed by atoms with van der Waals surface area (Å²) in [7, 11) is 1.70. The summed E-state index contributed by atoms with van der Waals surface area (Å²) < 4.78 is 12.1. The zero-order chi connectivity index (χ0) is 34.1. The fourth-order valence-electron chi connectivity index (χ4n) is 9.45. The number of fused-ring (bicyclic) bond motifs is 4. The molecule has 10 atom stereocenters. The highest BCUT2D eigenvalue weighted by Crippen LogP contribution is 2.53. The van der Waals surface area contributed by atoms with E-state index in [4.69, 9.17) is 25.9 Å². The van der Waals surface area contributed by atoms with Gasteiger partial charge in [0.05, 0.1) is 10.7 Å². The third kappa shape index (κ3) is 5.87. The SMILES string of the molecule is CC(=O)O[C@@H]1C(C)=C[C@@H]2[C@H](C(C)CN3CCN(C4CC4)CC3)CC[C@@H](C)[C@]2(O)[C@H]1OC(=O)[C@@H]1C[C@@]2(O)c3cccc(Cl)c3N(C)O[C@H]2N1. The van der Waals surface area contributed by atoms with Gasteiger partial charge in [0.15, 0.2) is 18.4 Å². The van der Waals surface area contributed by atoms with Crippen molar-refractivity contribution in [3.05, 3.63) is 40.4 Å². The molecule has 0 amide bonds. The predicted octanol–water partition coefficient (Wildman–Crippen LogP) is 3.21. The molecule has 264 valence electrons. The summed E-state index contributed by atoms with van der Waals surface area (Å²) in [6, 6.07) is 5.09. The van der Waals surface area contributed by atoms with E-state index in [0.29, 0.717) is 22.2 Å². The molecule has 6 aliphatic rings. The molecule has 0 spiro atoms. The van der Waals surface area contributed by atoms with Gasteiger partial charge in [-0.25, -0.2) is 0 Å². The summed E-state index contributed by atoms with van der Waals surface area (Å²) in [4.78, 5) is 37.6. The van der Waals surface area contributed by atoms with Crippen LogP contribution in [0.4, 0.5) is 5.69 Å². The second kappa shape index (κ2) is 12.8. The first-order valence-corrected chi connectivity index (χ1v) is 18.1. The number of ether oxygens (including phenoxy) is 2. The van der Waals surface area contributed by atoms with Crippen LogP contribution in [0, 0.1) is 23.7 Å². The first kappa shape index (κ1) is 34.2. The Labute approximate surface area is 288 Å². The van der Waals surface area contributed by atoms with Crippen LogP contribution in [0.2, 0.25) is 5.02 Å². The van der Waals surface area contributed by atoms with Crippen LogP contribution in [0.15, 0.2) is 29.8 Å². The fraction of sp³-hybridized carbons (Fsp3) is 0.722. The minimum absolute atomic E-state index is 0.0253. The number of hydrogen-bond donors (Lipinski definition) is 3. The van der Waals surface area contributed by atoms with Crippen LogP contribution in [-0.4, -0.2) is 108 Å². The van der Waals surface area contributed by atoms with Gasteiger partial charge < -0.3 is 24.6 Å². The van der Waals surface area contributed by atoms with Crippen molar-refractivity contribution < 1.29 is 34.1 Å². The van der Waals surface area contributed by atoms with Gasteiger partial charge in [-0.1, -0.05) is 43.7 Å². The molecule has 48 heavy (non-hydrogen) atoms. The van der Waals surface area contributed by atoms with E-state index in [1.54, 1.807) is 25.2 Å². The van der Waals surface area contributed by atoms with E-state index in [9.17, 15) is 19.8 Å². The number of piperazine rings is 1. The van der Waals surface area contributed by atoms with Crippen LogP contribution in [-0.2, 0) is 29.5 Å². The quantitative estimate of drug-likeness (QED) is 0.290. The Balaban J connectivity index is 1.12. The highest BCUT2D eigenvalue weighted by atomic mass is 35.5. The molecule has 7 rings (SSSR count). The average Bonchev–Trinajstić information content (AvgIpc) is 3.83. The van der Waals surface area contributed by atoms with E-state index in [1.807, 2.05) is 13.8 Å². The minimum atomic E-state index is -1.55. The number of rotatable bonds is 7. The van der Waals surface area contributed by atoms with E-state index in [1.165, 1.54) is 24.8 Å². The number of esters is 2. The number of aliphatic hydroxyl groups is 2. The first-order chi connectivity index (χ1) is 22.8. The van der Waals surface area contributed by atoms with Crippen LogP contribution < -0.4 is 10.4 Å². The molecule has 0 aromatic heterocycles. The maximum Gasteiger partial charge on any atom is 0.323 e. The van der Waals surface area contributed by atoms with Crippen molar-refractivity contribution in [3.63, 3.8) is 0 Å².